The predicted molar refractivity (Wildman–Crippen MR) is 82.7 cm³/mol. The summed E-state index contributed by atoms with van der Waals surface area (Å²) >= 11 is 3.53. The number of carbonyl (C=O) groups excluding carboxylic acids is 1. The van der Waals surface area contributed by atoms with Crippen molar-refractivity contribution in [2.75, 3.05) is 13.7 Å². The fourth-order valence-corrected chi connectivity index (χ4v) is 3.47. The summed E-state index contributed by atoms with van der Waals surface area (Å²) in [4.78, 5) is 16.5. The number of pyridine rings is 1. The van der Waals surface area contributed by atoms with Crippen LogP contribution in [0.25, 0.3) is 0 Å². The number of carbonyl (C=O) groups is 1. The monoisotopic (exact) mass is 353 g/mol. The molecule has 0 atom stereocenters. The molecule has 1 aromatic rings. The molecule has 1 aromatic heterocycles. The lowest BCUT2D eigenvalue weighted by molar-refractivity contribution is 0.0589. The molecule has 2 aliphatic rings. The summed E-state index contributed by atoms with van der Waals surface area (Å²) in [7, 11) is 1.41. The van der Waals surface area contributed by atoms with Crippen molar-refractivity contribution in [2.45, 2.75) is 44.4 Å². The number of aromatic nitrogens is 1. The van der Waals surface area contributed by atoms with E-state index in [4.69, 9.17) is 9.47 Å². The summed E-state index contributed by atoms with van der Waals surface area (Å²) in [6, 6.07) is 0. The minimum Gasteiger partial charge on any atom is -0.477 e. The van der Waals surface area contributed by atoms with Gasteiger partial charge in [0.2, 0.25) is 5.88 Å². The van der Waals surface area contributed by atoms with Crippen molar-refractivity contribution in [3.63, 3.8) is 0 Å². The Kier molecular flexibility index (Phi) is 4.48. The van der Waals surface area contributed by atoms with E-state index in [-0.39, 0.29) is 5.97 Å². The highest BCUT2D eigenvalue weighted by molar-refractivity contribution is 9.10. The molecule has 5 heteroatoms. The number of rotatable bonds is 5. The van der Waals surface area contributed by atoms with Gasteiger partial charge in [0.05, 0.1) is 13.7 Å². The van der Waals surface area contributed by atoms with Crippen molar-refractivity contribution in [3.05, 3.63) is 21.8 Å². The van der Waals surface area contributed by atoms with Crippen LogP contribution < -0.4 is 4.74 Å². The Morgan fingerprint density at radius 3 is 2.57 bits per heavy atom. The molecule has 0 unspecified atom stereocenters. The quantitative estimate of drug-likeness (QED) is 0.748. The standard InChI is InChI=1S/C16H20BrNO3/c1-20-16(19)14-13(11-6-3-7-11)12(17)8-18-15(14)21-9-10-4-2-5-10/h8,10-11H,2-7,9H2,1H3. The third-order valence-electron chi connectivity index (χ3n) is 4.62. The van der Waals surface area contributed by atoms with Crippen LogP contribution in [0.15, 0.2) is 10.7 Å². The first-order chi connectivity index (χ1) is 10.2. The fraction of sp³-hybridized carbons (Fsp3) is 0.625. The first kappa shape index (κ1) is 14.8. The molecule has 3 rings (SSSR count). The highest BCUT2D eigenvalue weighted by Crippen LogP contribution is 2.43. The Morgan fingerprint density at radius 2 is 2.05 bits per heavy atom. The van der Waals surface area contributed by atoms with Crippen LogP contribution in [-0.2, 0) is 4.74 Å². The van der Waals surface area contributed by atoms with Crippen molar-refractivity contribution in [1.82, 2.24) is 4.98 Å². The van der Waals surface area contributed by atoms with E-state index in [1.54, 1.807) is 6.20 Å². The van der Waals surface area contributed by atoms with E-state index in [1.807, 2.05) is 0 Å². The molecular weight excluding hydrogens is 334 g/mol. The molecule has 0 bridgehead atoms. The number of halogens is 1. The van der Waals surface area contributed by atoms with Gasteiger partial charge >= 0.3 is 5.97 Å². The molecule has 4 nitrogen and oxygen atoms in total. The van der Waals surface area contributed by atoms with Crippen molar-refractivity contribution < 1.29 is 14.3 Å². The lowest BCUT2D eigenvalue weighted by atomic mass is 9.78. The average molecular weight is 354 g/mol. The molecule has 2 fully saturated rings. The number of hydrogen-bond donors (Lipinski definition) is 0. The van der Waals surface area contributed by atoms with Gasteiger partial charge in [0.1, 0.15) is 5.56 Å². The maximum atomic E-state index is 12.2. The Bertz CT molecular complexity index is 539. The number of esters is 1. The maximum absolute atomic E-state index is 12.2. The normalized spacial score (nSPS) is 18.8. The summed E-state index contributed by atoms with van der Waals surface area (Å²) < 4.78 is 11.7. The van der Waals surface area contributed by atoms with Crippen LogP contribution >= 0.6 is 15.9 Å². The van der Waals surface area contributed by atoms with Gasteiger partial charge in [-0.25, -0.2) is 9.78 Å². The van der Waals surface area contributed by atoms with Gasteiger partial charge in [0.25, 0.3) is 0 Å². The van der Waals surface area contributed by atoms with E-state index in [2.05, 4.69) is 20.9 Å². The largest absolute Gasteiger partial charge is 0.477 e. The molecule has 0 N–H and O–H groups in total. The summed E-state index contributed by atoms with van der Waals surface area (Å²) in [6.45, 7) is 0.642. The predicted octanol–water partition coefficient (Wildman–Crippen LogP) is 4.08. The SMILES string of the molecule is COC(=O)c1c(OCC2CCC2)ncc(Br)c1C1CCC1. The van der Waals surface area contributed by atoms with Gasteiger partial charge in [-0.15, -0.1) is 0 Å². The van der Waals surface area contributed by atoms with Gasteiger partial charge in [0, 0.05) is 10.7 Å². The molecule has 21 heavy (non-hydrogen) atoms. The maximum Gasteiger partial charge on any atom is 0.343 e. The van der Waals surface area contributed by atoms with Crippen LogP contribution in [0.3, 0.4) is 0 Å². The van der Waals surface area contributed by atoms with Crippen LogP contribution in [0.2, 0.25) is 0 Å². The van der Waals surface area contributed by atoms with E-state index in [0.29, 0.717) is 29.9 Å². The Labute approximate surface area is 133 Å². The summed E-state index contributed by atoms with van der Waals surface area (Å²) in [5, 5.41) is 0. The molecule has 2 saturated carbocycles. The van der Waals surface area contributed by atoms with Crippen LogP contribution in [0, 0.1) is 5.92 Å². The van der Waals surface area contributed by atoms with Crippen molar-refractivity contribution in [2.24, 2.45) is 5.92 Å². The van der Waals surface area contributed by atoms with Crippen LogP contribution in [0.4, 0.5) is 0 Å². The lowest BCUT2D eigenvalue weighted by Crippen LogP contribution is -2.22. The molecule has 0 aliphatic heterocycles. The second kappa shape index (κ2) is 6.34. The molecule has 2 aliphatic carbocycles. The summed E-state index contributed by atoms with van der Waals surface area (Å²) in [6.07, 6.45) is 8.86. The first-order valence-corrected chi connectivity index (χ1v) is 8.39. The van der Waals surface area contributed by atoms with Crippen LogP contribution in [0.1, 0.15) is 60.4 Å². The fourth-order valence-electron chi connectivity index (χ4n) is 2.85. The van der Waals surface area contributed by atoms with Crippen LogP contribution in [-0.4, -0.2) is 24.7 Å². The third kappa shape index (κ3) is 2.93. The first-order valence-electron chi connectivity index (χ1n) is 7.60. The van der Waals surface area contributed by atoms with Gasteiger partial charge in [-0.2, -0.15) is 0 Å². The Balaban J connectivity index is 1.91. The third-order valence-corrected chi connectivity index (χ3v) is 5.25. The zero-order chi connectivity index (χ0) is 14.8. The van der Waals surface area contributed by atoms with Crippen molar-refractivity contribution >= 4 is 21.9 Å². The van der Waals surface area contributed by atoms with Gasteiger partial charge < -0.3 is 9.47 Å². The van der Waals surface area contributed by atoms with Gasteiger partial charge in [0.15, 0.2) is 0 Å². The second-order valence-corrected chi connectivity index (χ2v) is 6.78. The zero-order valence-corrected chi connectivity index (χ0v) is 13.8. The summed E-state index contributed by atoms with van der Waals surface area (Å²) in [5.41, 5.74) is 1.52. The molecule has 114 valence electrons. The Hall–Kier alpha value is -1.10. The molecule has 0 amide bonds. The van der Waals surface area contributed by atoms with E-state index in [9.17, 15) is 4.79 Å². The van der Waals surface area contributed by atoms with E-state index < -0.39 is 0 Å². The minimum atomic E-state index is -0.352. The lowest BCUT2D eigenvalue weighted by Gasteiger charge is -2.29. The van der Waals surface area contributed by atoms with E-state index in [0.717, 1.165) is 22.9 Å². The number of methoxy groups -OCH3 is 1. The Morgan fingerprint density at radius 1 is 1.33 bits per heavy atom. The van der Waals surface area contributed by atoms with Gasteiger partial charge in [-0.3, -0.25) is 0 Å². The minimum absolute atomic E-state index is 0.352. The number of hydrogen-bond acceptors (Lipinski definition) is 4. The number of ether oxygens (including phenoxy) is 2. The smallest absolute Gasteiger partial charge is 0.343 e. The van der Waals surface area contributed by atoms with Gasteiger partial charge in [-0.05, 0) is 59.0 Å². The average Bonchev–Trinajstić information content (AvgIpc) is 2.37. The number of nitrogens with zero attached hydrogens (tertiary/aromatic N) is 1. The zero-order valence-electron chi connectivity index (χ0n) is 12.2. The molecule has 0 spiro atoms. The molecule has 0 saturated heterocycles. The topological polar surface area (TPSA) is 48.4 Å². The van der Waals surface area contributed by atoms with Crippen LogP contribution in [0.5, 0.6) is 5.88 Å². The molecule has 1 heterocycles. The highest BCUT2D eigenvalue weighted by atomic mass is 79.9. The summed E-state index contributed by atoms with van der Waals surface area (Å²) in [5.74, 6) is 1.09. The highest BCUT2D eigenvalue weighted by Gasteiger charge is 2.31. The van der Waals surface area contributed by atoms with Crippen molar-refractivity contribution in [1.29, 1.82) is 0 Å². The van der Waals surface area contributed by atoms with Gasteiger partial charge in [-0.1, -0.05) is 12.8 Å². The second-order valence-electron chi connectivity index (χ2n) is 5.93. The van der Waals surface area contributed by atoms with E-state index >= 15 is 0 Å². The molecular formula is C16H20BrNO3. The molecule has 0 aromatic carbocycles. The van der Waals surface area contributed by atoms with E-state index in [1.165, 1.54) is 32.8 Å². The molecule has 0 radical (unpaired) electrons. The van der Waals surface area contributed by atoms with Crippen molar-refractivity contribution in [3.8, 4) is 5.88 Å².